The van der Waals surface area contributed by atoms with Crippen LogP contribution in [0.2, 0.25) is 0 Å². The van der Waals surface area contributed by atoms with Crippen LogP contribution in [0.15, 0.2) is 71.2 Å². The van der Waals surface area contributed by atoms with Crippen LogP contribution >= 0.6 is 28.1 Å². The lowest BCUT2D eigenvalue weighted by Gasteiger charge is -2.26. The molecule has 0 saturated carbocycles. The molecule has 6 rings (SSSR count). The second-order valence-electron chi connectivity index (χ2n) is 8.91. The van der Waals surface area contributed by atoms with E-state index in [2.05, 4.69) is 27.0 Å². The average Bonchev–Trinajstić information content (AvgIpc) is 3.36. The molecule has 2 aromatic heterocycles. The Morgan fingerprint density at radius 1 is 1.11 bits per heavy atom. The number of methoxy groups -OCH3 is 1. The topological polar surface area (TPSA) is 81.4 Å². The smallest absolute Gasteiger partial charge is 0.308 e. The van der Waals surface area contributed by atoms with Gasteiger partial charge in [0.1, 0.15) is 17.5 Å². The molecule has 9 heteroatoms. The number of imidazole rings is 1. The van der Waals surface area contributed by atoms with Crippen LogP contribution in [0.4, 0.5) is 0 Å². The highest BCUT2D eigenvalue weighted by Crippen LogP contribution is 2.44. The largest absolute Gasteiger partial charge is 0.497 e. The van der Waals surface area contributed by atoms with E-state index in [0.717, 1.165) is 37.9 Å². The molecular formula is C28H22BrN3O4S. The van der Waals surface area contributed by atoms with E-state index in [0.29, 0.717) is 28.3 Å². The number of H-pyrrole nitrogens is 1. The fourth-order valence-electron chi connectivity index (χ4n) is 5.13. The van der Waals surface area contributed by atoms with Crippen LogP contribution < -0.4 is 9.47 Å². The third-order valence-corrected chi connectivity index (χ3v) is 7.58. The number of hydrogen-bond donors (Lipinski definition) is 2. The fourth-order valence-corrected chi connectivity index (χ4v) is 5.90. The second kappa shape index (κ2) is 8.93. The first-order chi connectivity index (χ1) is 17.9. The monoisotopic (exact) mass is 575 g/mol. The van der Waals surface area contributed by atoms with E-state index in [1.54, 1.807) is 29.9 Å². The highest BCUT2D eigenvalue weighted by Gasteiger charge is 2.34. The predicted octanol–water partition coefficient (Wildman–Crippen LogP) is 6.43. The van der Waals surface area contributed by atoms with Gasteiger partial charge in [-0.2, -0.15) is 0 Å². The van der Waals surface area contributed by atoms with Gasteiger partial charge in [0.15, 0.2) is 4.77 Å². The van der Waals surface area contributed by atoms with Gasteiger partial charge < -0.3 is 24.1 Å². The maximum absolute atomic E-state index is 11.5. The average molecular weight is 576 g/mol. The molecule has 1 aliphatic rings. The summed E-state index contributed by atoms with van der Waals surface area (Å²) in [6.45, 7) is 1.35. The summed E-state index contributed by atoms with van der Waals surface area (Å²) in [5.74, 6) is 0.769. The quantitative estimate of drug-likeness (QED) is 0.144. The van der Waals surface area contributed by atoms with Crippen LogP contribution in [-0.2, 0) is 11.2 Å². The number of benzene rings is 3. The summed E-state index contributed by atoms with van der Waals surface area (Å²) >= 11 is 9.58. The predicted molar refractivity (Wildman–Crippen MR) is 147 cm³/mol. The number of carbonyl (C=O) groups excluding carboxylic acids is 1. The van der Waals surface area contributed by atoms with Crippen molar-refractivity contribution in [2.75, 3.05) is 7.11 Å². The van der Waals surface area contributed by atoms with Crippen molar-refractivity contribution in [1.29, 1.82) is 0 Å². The number of aromatic hydroxyl groups is 1. The van der Waals surface area contributed by atoms with Crippen LogP contribution in [0.3, 0.4) is 0 Å². The number of hydrogen-bond acceptors (Lipinski definition) is 5. The minimum atomic E-state index is -0.419. The molecule has 0 amide bonds. The van der Waals surface area contributed by atoms with Crippen molar-refractivity contribution >= 4 is 45.0 Å². The van der Waals surface area contributed by atoms with E-state index in [4.69, 9.17) is 21.7 Å². The van der Waals surface area contributed by atoms with Gasteiger partial charge in [0, 0.05) is 40.5 Å². The van der Waals surface area contributed by atoms with Crippen molar-refractivity contribution < 1.29 is 19.4 Å². The number of esters is 1. The van der Waals surface area contributed by atoms with Crippen LogP contribution in [0.25, 0.3) is 16.6 Å². The maximum Gasteiger partial charge on any atom is 0.308 e. The van der Waals surface area contributed by atoms with Gasteiger partial charge in [0.05, 0.1) is 18.5 Å². The van der Waals surface area contributed by atoms with Crippen LogP contribution in [0, 0.1) is 4.77 Å². The molecule has 0 saturated heterocycles. The third kappa shape index (κ3) is 3.86. The molecule has 37 heavy (non-hydrogen) atoms. The molecule has 0 spiro atoms. The lowest BCUT2D eigenvalue weighted by atomic mass is 9.93. The summed E-state index contributed by atoms with van der Waals surface area (Å²) in [5.41, 5.74) is 5.45. The van der Waals surface area contributed by atoms with Crippen molar-refractivity contribution in [1.82, 2.24) is 14.1 Å². The molecule has 3 heterocycles. The molecular weight excluding hydrogens is 554 g/mol. The van der Waals surface area contributed by atoms with Crippen LogP contribution in [0.1, 0.15) is 35.5 Å². The molecule has 3 aromatic carbocycles. The standard InChI is InChI=1S/C28H22BrN3O4S/c1-15(33)36-20-5-3-4-18(13-20)31-27(34)24-14-22-21-12-17(29)8-11-23(21)30-25(22)26(32(24)28(31)37)16-6-9-19(35-2)10-7-16/h3-13,26,30,34H,14H2,1-2H3. The molecule has 7 nitrogen and oxygen atoms in total. The molecule has 0 fully saturated rings. The number of aromatic nitrogens is 3. The van der Waals surface area contributed by atoms with Gasteiger partial charge >= 0.3 is 5.97 Å². The lowest BCUT2D eigenvalue weighted by Crippen LogP contribution is -2.21. The highest BCUT2D eigenvalue weighted by atomic mass is 79.9. The molecule has 5 aromatic rings. The van der Waals surface area contributed by atoms with E-state index < -0.39 is 5.97 Å². The Labute approximate surface area is 226 Å². The molecule has 0 bridgehead atoms. The number of carbonyl (C=O) groups is 1. The van der Waals surface area contributed by atoms with Gasteiger partial charge in [-0.1, -0.05) is 34.1 Å². The van der Waals surface area contributed by atoms with E-state index >= 15 is 0 Å². The summed E-state index contributed by atoms with van der Waals surface area (Å²) in [6, 6.07) is 20.7. The fraction of sp³-hybridized carbons (Fsp3) is 0.143. The zero-order valence-corrected chi connectivity index (χ0v) is 22.4. The summed E-state index contributed by atoms with van der Waals surface area (Å²) in [7, 11) is 1.64. The Kier molecular flexibility index (Phi) is 5.69. The van der Waals surface area contributed by atoms with Gasteiger partial charge in [-0.25, -0.2) is 0 Å². The molecule has 186 valence electrons. The lowest BCUT2D eigenvalue weighted by molar-refractivity contribution is -0.131. The minimum absolute atomic E-state index is 0.0542. The second-order valence-corrected chi connectivity index (χ2v) is 10.2. The van der Waals surface area contributed by atoms with E-state index in [1.807, 2.05) is 47.0 Å². The molecule has 1 unspecified atom stereocenters. The molecule has 1 aliphatic heterocycles. The zero-order chi connectivity index (χ0) is 25.8. The Balaban J connectivity index is 1.60. The van der Waals surface area contributed by atoms with E-state index in [9.17, 15) is 9.90 Å². The van der Waals surface area contributed by atoms with Crippen LogP contribution in [0.5, 0.6) is 17.4 Å². The van der Waals surface area contributed by atoms with Crippen LogP contribution in [-0.4, -0.2) is 32.3 Å². The van der Waals surface area contributed by atoms with Gasteiger partial charge in [0.25, 0.3) is 0 Å². The first kappa shape index (κ1) is 23.6. The van der Waals surface area contributed by atoms with Crippen molar-refractivity contribution in [2.24, 2.45) is 0 Å². The Morgan fingerprint density at radius 3 is 2.62 bits per heavy atom. The SMILES string of the molecule is COc1ccc(C2c3[nH]c4ccc(Br)cc4c3Cc3c(O)n(-c4cccc(OC(C)=O)c4)c(=S)n32)cc1. The highest BCUT2D eigenvalue weighted by molar-refractivity contribution is 9.10. The summed E-state index contributed by atoms with van der Waals surface area (Å²) in [6.07, 6.45) is 0.491. The van der Waals surface area contributed by atoms with Crippen molar-refractivity contribution in [3.8, 4) is 23.1 Å². The summed E-state index contributed by atoms with van der Waals surface area (Å²) in [5, 5.41) is 12.6. The van der Waals surface area contributed by atoms with E-state index in [1.165, 1.54) is 6.92 Å². The van der Waals surface area contributed by atoms with Gasteiger partial charge in [-0.05, 0) is 65.8 Å². The maximum atomic E-state index is 11.5. The molecule has 0 aliphatic carbocycles. The number of nitrogens with one attached hydrogen (secondary N) is 1. The minimum Gasteiger partial charge on any atom is -0.497 e. The van der Waals surface area contributed by atoms with Crippen molar-refractivity contribution in [3.63, 3.8) is 0 Å². The van der Waals surface area contributed by atoms with Gasteiger partial charge in [-0.3, -0.25) is 9.36 Å². The Morgan fingerprint density at radius 2 is 1.89 bits per heavy atom. The van der Waals surface area contributed by atoms with Gasteiger partial charge in [-0.15, -0.1) is 0 Å². The van der Waals surface area contributed by atoms with E-state index in [-0.39, 0.29) is 11.9 Å². The first-order valence-electron chi connectivity index (χ1n) is 11.6. The van der Waals surface area contributed by atoms with Gasteiger partial charge in [0.2, 0.25) is 5.88 Å². The molecule has 0 radical (unpaired) electrons. The first-order valence-corrected chi connectivity index (χ1v) is 12.8. The third-order valence-electron chi connectivity index (χ3n) is 6.70. The number of nitrogens with zero attached hydrogens (tertiary/aromatic N) is 2. The Hall–Kier alpha value is -3.82. The number of aromatic amines is 1. The summed E-state index contributed by atoms with van der Waals surface area (Å²) < 4.78 is 15.7. The Bertz CT molecular complexity index is 1750. The number of rotatable bonds is 4. The molecule has 1 atom stereocenters. The number of halogens is 1. The molecule has 2 N–H and O–H groups in total. The van der Waals surface area contributed by atoms with Crippen molar-refractivity contribution in [3.05, 3.63) is 98.5 Å². The number of ether oxygens (including phenoxy) is 2. The zero-order valence-electron chi connectivity index (χ0n) is 20.0. The number of fused-ring (bicyclic) bond motifs is 4. The summed E-state index contributed by atoms with van der Waals surface area (Å²) in [4.78, 5) is 15.1. The normalized spacial score (nSPS) is 14.3. The van der Waals surface area contributed by atoms with Crippen molar-refractivity contribution in [2.45, 2.75) is 19.4 Å².